The quantitative estimate of drug-likeness (QED) is 0.840. The number of hydrogen-bond acceptors (Lipinski definition) is 4. The predicted octanol–water partition coefficient (Wildman–Crippen LogP) is 4.32. The lowest BCUT2D eigenvalue weighted by Gasteiger charge is -2.38. The van der Waals surface area contributed by atoms with Crippen LogP contribution in [0.25, 0.3) is 0 Å². The van der Waals surface area contributed by atoms with Gasteiger partial charge in [-0.05, 0) is 61.8 Å². The van der Waals surface area contributed by atoms with Crippen molar-refractivity contribution in [2.45, 2.75) is 49.3 Å². The van der Waals surface area contributed by atoms with E-state index >= 15 is 0 Å². The summed E-state index contributed by atoms with van der Waals surface area (Å²) in [7, 11) is 0. The maximum absolute atomic E-state index is 12.9. The number of rotatable bonds is 3. The molecule has 0 aromatic heterocycles. The third-order valence-electron chi connectivity index (χ3n) is 4.67. The van der Waals surface area contributed by atoms with E-state index in [2.05, 4.69) is 12.1 Å². The first-order chi connectivity index (χ1) is 11.2. The highest BCUT2D eigenvalue weighted by atomic mass is 35.5. The molecule has 3 rings (SSSR count). The normalized spacial score (nSPS) is 23.4. The Morgan fingerprint density at radius 1 is 1.17 bits per heavy atom. The summed E-state index contributed by atoms with van der Waals surface area (Å²) in [6.07, 6.45) is 4.58. The molecule has 2 heterocycles. The lowest BCUT2D eigenvalue weighted by atomic mass is 9.96. The Kier molecular flexibility index (Phi) is 7.79. The van der Waals surface area contributed by atoms with Crippen molar-refractivity contribution < 1.29 is 4.79 Å². The van der Waals surface area contributed by atoms with Crippen LogP contribution in [0, 0.1) is 0 Å². The number of piperidine rings is 1. The Morgan fingerprint density at radius 2 is 1.83 bits per heavy atom. The lowest BCUT2D eigenvalue weighted by Crippen LogP contribution is -2.51. The third kappa shape index (κ3) is 4.63. The summed E-state index contributed by atoms with van der Waals surface area (Å²) in [6.45, 7) is 2.85. The molecule has 0 radical (unpaired) electrons. The molecule has 2 atom stereocenters. The van der Waals surface area contributed by atoms with Crippen molar-refractivity contribution >= 4 is 41.8 Å². The largest absolute Gasteiger partial charge is 0.334 e. The summed E-state index contributed by atoms with van der Waals surface area (Å²) in [4.78, 5) is 14.9. The number of carbonyl (C=O) groups excluding carboxylic acids is 1. The van der Waals surface area contributed by atoms with E-state index in [0.29, 0.717) is 4.58 Å². The maximum Gasteiger partial charge on any atom is 0.254 e. The van der Waals surface area contributed by atoms with Crippen molar-refractivity contribution in [2.24, 2.45) is 5.73 Å². The molecule has 1 aromatic carbocycles. The summed E-state index contributed by atoms with van der Waals surface area (Å²) in [5.41, 5.74) is 8.23. The summed E-state index contributed by atoms with van der Waals surface area (Å²) < 4.78 is 0.528. The van der Waals surface area contributed by atoms with E-state index in [9.17, 15) is 4.79 Å². The molecule has 24 heavy (non-hydrogen) atoms. The minimum Gasteiger partial charge on any atom is -0.334 e. The molecule has 2 aliphatic rings. The summed E-state index contributed by atoms with van der Waals surface area (Å²) >= 11 is 4.03. The second-order valence-corrected chi connectivity index (χ2v) is 9.19. The summed E-state index contributed by atoms with van der Waals surface area (Å²) in [6, 6.07) is 8.48. The molecule has 134 valence electrons. The molecule has 0 spiro atoms. The van der Waals surface area contributed by atoms with Gasteiger partial charge < -0.3 is 10.6 Å². The van der Waals surface area contributed by atoms with Crippen LogP contribution in [0.2, 0.25) is 0 Å². The topological polar surface area (TPSA) is 46.3 Å². The minimum absolute atomic E-state index is 0. The van der Waals surface area contributed by atoms with E-state index in [4.69, 9.17) is 5.73 Å². The molecular formula is C18H27ClN2OS2. The maximum atomic E-state index is 12.9. The van der Waals surface area contributed by atoms with Gasteiger partial charge in [-0.2, -0.15) is 0 Å². The van der Waals surface area contributed by atoms with Crippen molar-refractivity contribution in [1.82, 2.24) is 4.90 Å². The monoisotopic (exact) mass is 386 g/mol. The van der Waals surface area contributed by atoms with Gasteiger partial charge in [0.15, 0.2) is 0 Å². The Balaban J connectivity index is 0.00000208. The smallest absolute Gasteiger partial charge is 0.254 e. The second-order valence-electron chi connectivity index (χ2n) is 6.47. The molecule has 2 saturated heterocycles. The van der Waals surface area contributed by atoms with Crippen LogP contribution in [0.1, 0.15) is 53.1 Å². The molecule has 1 amide bonds. The van der Waals surface area contributed by atoms with Crippen LogP contribution < -0.4 is 5.73 Å². The zero-order valence-electron chi connectivity index (χ0n) is 14.1. The number of benzene rings is 1. The molecule has 0 bridgehead atoms. The van der Waals surface area contributed by atoms with Crippen LogP contribution in [0.4, 0.5) is 0 Å². The van der Waals surface area contributed by atoms with Gasteiger partial charge in [0.05, 0.1) is 4.58 Å². The summed E-state index contributed by atoms with van der Waals surface area (Å²) in [5, 5.41) is 0. The molecule has 2 unspecified atom stereocenters. The van der Waals surface area contributed by atoms with Crippen LogP contribution in [0.5, 0.6) is 0 Å². The molecule has 6 heteroatoms. The number of halogens is 1. The molecule has 2 fully saturated rings. The number of amides is 1. The van der Waals surface area contributed by atoms with Crippen LogP contribution in [-0.2, 0) is 0 Å². The Bertz CT molecular complexity index is 532. The fourth-order valence-electron chi connectivity index (χ4n) is 3.39. The number of hydrogen-bond donors (Lipinski definition) is 1. The van der Waals surface area contributed by atoms with E-state index in [-0.39, 0.29) is 30.4 Å². The third-order valence-corrected chi connectivity index (χ3v) is 7.69. The second kappa shape index (κ2) is 9.37. The number of nitrogens with zero attached hydrogens (tertiary/aromatic N) is 1. The Morgan fingerprint density at radius 3 is 2.46 bits per heavy atom. The van der Waals surface area contributed by atoms with Gasteiger partial charge in [-0.25, -0.2) is 0 Å². The van der Waals surface area contributed by atoms with Crippen molar-refractivity contribution in [3.8, 4) is 0 Å². The van der Waals surface area contributed by atoms with E-state index in [1.165, 1.54) is 29.9 Å². The van der Waals surface area contributed by atoms with E-state index in [1.54, 1.807) is 0 Å². The molecule has 2 aliphatic heterocycles. The highest BCUT2D eigenvalue weighted by molar-refractivity contribution is 8.16. The summed E-state index contributed by atoms with van der Waals surface area (Å²) in [5.74, 6) is 2.62. The zero-order chi connectivity index (χ0) is 16.2. The van der Waals surface area contributed by atoms with Crippen LogP contribution in [0.15, 0.2) is 24.3 Å². The fraction of sp³-hybridized carbons (Fsp3) is 0.611. The molecule has 2 N–H and O–H groups in total. The standard InChI is InChI=1S/C18H26N2OS2.ClH/c1-13(19)16-5-2-3-10-20(16)17(21)14-6-8-15(9-7-14)18-22-11-4-12-23-18;/h6-9,13,16,18H,2-5,10-12,19H2,1H3;1H. The first-order valence-electron chi connectivity index (χ1n) is 8.56. The average molecular weight is 387 g/mol. The van der Waals surface area contributed by atoms with Crippen molar-refractivity contribution in [1.29, 1.82) is 0 Å². The van der Waals surface area contributed by atoms with E-state index in [0.717, 1.165) is 24.9 Å². The Labute approximate surface area is 159 Å². The lowest BCUT2D eigenvalue weighted by molar-refractivity contribution is 0.0584. The number of likely N-dealkylation sites (tertiary alicyclic amines) is 1. The first kappa shape index (κ1) is 20.0. The van der Waals surface area contributed by atoms with Crippen molar-refractivity contribution in [3.05, 3.63) is 35.4 Å². The van der Waals surface area contributed by atoms with E-state index < -0.39 is 0 Å². The molecule has 3 nitrogen and oxygen atoms in total. The first-order valence-corrected chi connectivity index (χ1v) is 10.7. The SMILES string of the molecule is CC(N)C1CCCCN1C(=O)c1ccc(C2SCCCS2)cc1.Cl. The van der Waals surface area contributed by atoms with Crippen molar-refractivity contribution in [2.75, 3.05) is 18.1 Å². The van der Waals surface area contributed by atoms with Gasteiger partial charge in [0.25, 0.3) is 5.91 Å². The number of carbonyl (C=O) groups is 1. The molecular weight excluding hydrogens is 360 g/mol. The molecule has 0 saturated carbocycles. The van der Waals surface area contributed by atoms with Gasteiger partial charge in [0.1, 0.15) is 0 Å². The molecule has 0 aliphatic carbocycles. The van der Waals surface area contributed by atoms with Crippen LogP contribution in [-0.4, -0.2) is 40.9 Å². The Hall–Kier alpha value is -0.360. The van der Waals surface area contributed by atoms with Crippen molar-refractivity contribution in [3.63, 3.8) is 0 Å². The van der Waals surface area contributed by atoms with Gasteiger partial charge in [0.2, 0.25) is 0 Å². The predicted molar refractivity (Wildman–Crippen MR) is 108 cm³/mol. The number of nitrogens with two attached hydrogens (primary N) is 1. The van der Waals surface area contributed by atoms with E-state index in [1.807, 2.05) is 47.5 Å². The van der Waals surface area contributed by atoms with Gasteiger partial charge in [-0.15, -0.1) is 35.9 Å². The minimum atomic E-state index is 0. The fourth-order valence-corrected chi connectivity index (χ4v) is 6.28. The highest BCUT2D eigenvalue weighted by Crippen LogP contribution is 2.43. The van der Waals surface area contributed by atoms with Crippen LogP contribution >= 0.6 is 35.9 Å². The van der Waals surface area contributed by atoms with Gasteiger partial charge in [-0.1, -0.05) is 12.1 Å². The zero-order valence-corrected chi connectivity index (χ0v) is 16.6. The van der Waals surface area contributed by atoms with Gasteiger partial charge >= 0.3 is 0 Å². The van der Waals surface area contributed by atoms with Gasteiger partial charge in [-0.3, -0.25) is 4.79 Å². The van der Waals surface area contributed by atoms with Gasteiger partial charge in [0, 0.05) is 24.2 Å². The van der Waals surface area contributed by atoms with Crippen LogP contribution in [0.3, 0.4) is 0 Å². The molecule has 1 aromatic rings. The number of thioether (sulfide) groups is 2. The highest BCUT2D eigenvalue weighted by Gasteiger charge is 2.29. The average Bonchev–Trinajstić information content (AvgIpc) is 2.62.